The van der Waals surface area contributed by atoms with Gasteiger partial charge in [0.05, 0.1) is 5.56 Å². The minimum Gasteiger partial charge on any atom is -0.338 e. The highest BCUT2D eigenvalue weighted by Crippen LogP contribution is 2.26. The summed E-state index contributed by atoms with van der Waals surface area (Å²) in [5, 5.41) is 3.28. The van der Waals surface area contributed by atoms with Crippen molar-refractivity contribution in [2.45, 2.75) is 25.3 Å². The van der Waals surface area contributed by atoms with Crippen LogP contribution in [0.25, 0.3) is 0 Å². The number of halogens is 2. The average Bonchev–Trinajstić information content (AvgIpc) is 2.39. The second kappa shape index (κ2) is 5.59. The van der Waals surface area contributed by atoms with Crippen molar-refractivity contribution in [1.29, 1.82) is 0 Å². The number of hydrogen-bond acceptors (Lipinski definition) is 2. The third kappa shape index (κ3) is 2.98. The molecule has 3 nitrogen and oxygen atoms in total. The van der Waals surface area contributed by atoms with Gasteiger partial charge < -0.3 is 10.2 Å². The van der Waals surface area contributed by atoms with Crippen LogP contribution < -0.4 is 5.32 Å². The van der Waals surface area contributed by atoms with Crippen molar-refractivity contribution in [3.05, 3.63) is 34.1 Å². The van der Waals surface area contributed by atoms with Crippen molar-refractivity contribution >= 4 is 21.8 Å². The van der Waals surface area contributed by atoms with E-state index in [4.69, 9.17) is 0 Å². The highest BCUT2D eigenvalue weighted by Gasteiger charge is 2.32. The Morgan fingerprint density at radius 3 is 2.58 bits per heavy atom. The molecule has 19 heavy (non-hydrogen) atoms. The van der Waals surface area contributed by atoms with Gasteiger partial charge in [-0.15, -0.1) is 0 Å². The molecule has 1 aliphatic rings. The van der Waals surface area contributed by atoms with Gasteiger partial charge in [-0.05, 0) is 54.9 Å². The van der Waals surface area contributed by atoms with E-state index in [1.807, 2.05) is 7.05 Å². The lowest BCUT2D eigenvalue weighted by Crippen LogP contribution is -2.51. The maximum Gasteiger partial charge on any atom is 0.257 e. The molecule has 0 atom stereocenters. The summed E-state index contributed by atoms with van der Waals surface area (Å²) in [4.78, 5) is 14.1. The number of hydrogen-bond donors (Lipinski definition) is 1. The minimum absolute atomic E-state index is 0.0727. The van der Waals surface area contributed by atoms with Crippen molar-refractivity contribution in [1.82, 2.24) is 10.2 Å². The Bertz CT molecular complexity index is 464. The van der Waals surface area contributed by atoms with E-state index in [9.17, 15) is 9.18 Å². The summed E-state index contributed by atoms with van der Waals surface area (Å²) in [5.74, 6) is -0.704. The van der Waals surface area contributed by atoms with Gasteiger partial charge in [0.2, 0.25) is 0 Å². The zero-order valence-corrected chi connectivity index (χ0v) is 12.8. The number of nitrogens with zero attached hydrogens (tertiary/aromatic N) is 1. The Morgan fingerprint density at radius 1 is 1.42 bits per heavy atom. The summed E-state index contributed by atoms with van der Waals surface area (Å²) in [6.45, 7) is 3.45. The van der Waals surface area contributed by atoms with Crippen LogP contribution in [-0.2, 0) is 0 Å². The quantitative estimate of drug-likeness (QED) is 0.905. The first-order valence-corrected chi connectivity index (χ1v) is 7.18. The Kier molecular flexibility index (Phi) is 4.26. The van der Waals surface area contributed by atoms with Gasteiger partial charge >= 0.3 is 0 Å². The first-order valence-electron chi connectivity index (χ1n) is 6.39. The van der Waals surface area contributed by atoms with Crippen molar-refractivity contribution in [2.24, 2.45) is 0 Å². The highest BCUT2D eigenvalue weighted by atomic mass is 79.9. The first-order chi connectivity index (χ1) is 8.97. The normalized spacial score (nSPS) is 18.4. The molecule has 0 unspecified atom stereocenters. The second-order valence-corrected chi connectivity index (χ2v) is 6.05. The van der Waals surface area contributed by atoms with Gasteiger partial charge in [0.25, 0.3) is 5.91 Å². The molecular formula is C14H18BrFN2O. The van der Waals surface area contributed by atoms with Crippen LogP contribution in [0.3, 0.4) is 0 Å². The van der Waals surface area contributed by atoms with E-state index >= 15 is 0 Å². The molecular weight excluding hydrogens is 311 g/mol. The van der Waals surface area contributed by atoms with Crippen LogP contribution >= 0.6 is 15.9 Å². The van der Waals surface area contributed by atoms with Gasteiger partial charge in [-0.2, -0.15) is 0 Å². The van der Waals surface area contributed by atoms with Gasteiger partial charge in [-0.3, -0.25) is 4.79 Å². The number of benzene rings is 1. The number of rotatable bonds is 2. The predicted molar refractivity (Wildman–Crippen MR) is 76.7 cm³/mol. The highest BCUT2D eigenvalue weighted by molar-refractivity contribution is 9.10. The largest absolute Gasteiger partial charge is 0.338 e. The van der Waals surface area contributed by atoms with Crippen LogP contribution in [0, 0.1) is 5.82 Å². The van der Waals surface area contributed by atoms with E-state index < -0.39 is 5.82 Å². The molecule has 0 spiro atoms. The predicted octanol–water partition coefficient (Wildman–Crippen LogP) is 2.80. The van der Waals surface area contributed by atoms with Gasteiger partial charge in [0, 0.05) is 23.1 Å². The number of piperidine rings is 1. The van der Waals surface area contributed by atoms with E-state index in [0.29, 0.717) is 17.6 Å². The number of carbonyl (C=O) groups excluding carboxylic acids is 1. The Hall–Kier alpha value is -0.940. The Balaban J connectivity index is 2.14. The van der Waals surface area contributed by atoms with Gasteiger partial charge in [0.1, 0.15) is 5.82 Å². The third-order valence-electron chi connectivity index (χ3n) is 3.93. The van der Waals surface area contributed by atoms with Crippen LogP contribution in [-0.4, -0.2) is 36.5 Å². The molecule has 1 aromatic rings. The average molecular weight is 329 g/mol. The van der Waals surface area contributed by atoms with Crippen LogP contribution in [0.5, 0.6) is 0 Å². The summed E-state index contributed by atoms with van der Waals surface area (Å²) in [7, 11) is 1.94. The van der Waals surface area contributed by atoms with E-state index in [2.05, 4.69) is 28.2 Å². The maximum absolute atomic E-state index is 13.8. The Morgan fingerprint density at radius 2 is 2.05 bits per heavy atom. The van der Waals surface area contributed by atoms with Crippen LogP contribution in [0.15, 0.2) is 22.7 Å². The smallest absolute Gasteiger partial charge is 0.257 e. The van der Waals surface area contributed by atoms with Crippen LogP contribution in [0.2, 0.25) is 0 Å². The topological polar surface area (TPSA) is 32.3 Å². The van der Waals surface area contributed by atoms with E-state index in [1.165, 1.54) is 6.07 Å². The molecule has 2 rings (SSSR count). The summed E-state index contributed by atoms with van der Waals surface area (Å²) in [5.41, 5.74) is 0.207. The third-order valence-corrected chi connectivity index (χ3v) is 4.60. The van der Waals surface area contributed by atoms with Gasteiger partial charge in [-0.25, -0.2) is 4.39 Å². The number of amides is 1. The zero-order valence-electron chi connectivity index (χ0n) is 11.2. The second-order valence-electron chi connectivity index (χ2n) is 5.20. The van der Waals surface area contributed by atoms with Crippen molar-refractivity contribution in [3.63, 3.8) is 0 Å². The lowest BCUT2D eigenvalue weighted by atomic mass is 9.89. The van der Waals surface area contributed by atoms with Crippen molar-refractivity contribution in [3.8, 4) is 0 Å². The van der Waals surface area contributed by atoms with E-state index in [1.54, 1.807) is 17.0 Å². The molecule has 0 aliphatic carbocycles. The number of carbonyl (C=O) groups is 1. The summed E-state index contributed by atoms with van der Waals surface area (Å²) < 4.78 is 14.3. The maximum atomic E-state index is 13.8. The van der Waals surface area contributed by atoms with E-state index in [-0.39, 0.29) is 17.0 Å². The molecule has 104 valence electrons. The van der Waals surface area contributed by atoms with Gasteiger partial charge in [0.15, 0.2) is 0 Å². The fraction of sp³-hybridized carbons (Fsp3) is 0.500. The van der Waals surface area contributed by atoms with Crippen molar-refractivity contribution in [2.75, 3.05) is 20.1 Å². The molecule has 1 fully saturated rings. The molecule has 0 bridgehead atoms. The molecule has 0 saturated carbocycles. The number of likely N-dealkylation sites (tertiary alicyclic amines) is 1. The fourth-order valence-electron chi connectivity index (χ4n) is 2.31. The lowest BCUT2D eigenvalue weighted by Gasteiger charge is -2.39. The monoisotopic (exact) mass is 328 g/mol. The summed E-state index contributed by atoms with van der Waals surface area (Å²) in [6.07, 6.45) is 1.75. The Labute approximate surface area is 121 Å². The standard InChI is InChI=1S/C14H18BrFN2O/c1-14(17-2)6-8-18(9-7-14)13(19)12-10(15)4-3-5-11(12)16/h3-5,17H,6-9H2,1-2H3. The van der Waals surface area contributed by atoms with Gasteiger partial charge in [-0.1, -0.05) is 6.07 Å². The molecule has 1 N–H and O–H groups in total. The fourth-order valence-corrected chi connectivity index (χ4v) is 2.83. The molecule has 1 aromatic carbocycles. The molecule has 1 saturated heterocycles. The minimum atomic E-state index is -0.471. The molecule has 0 radical (unpaired) electrons. The summed E-state index contributed by atoms with van der Waals surface area (Å²) in [6, 6.07) is 4.60. The van der Waals surface area contributed by atoms with Crippen molar-refractivity contribution < 1.29 is 9.18 Å². The van der Waals surface area contributed by atoms with Crippen LogP contribution in [0.4, 0.5) is 4.39 Å². The SMILES string of the molecule is CNC1(C)CCN(C(=O)c2c(F)cccc2Br)CC1. The molecule has 0 aromatic heterocycles. The lowest BCUT2D eigenvalue weighted by molar-refractivity contribution is 0.0656. The first kappa shape index (κ1) is 14.5. The zero-order chi connectivity index (χ0) is 14.0. The molecule has 1 heterocycles. The summed E-state index contributed by atoms with van der Waals surface area (Å²) >= 11 is 3.25. The molecule has 5 heteroatoms. The number of nitrogens with one attached hydrogen (secondary N) is 1. The molecule has 1 aliphatic heterocycles. The van der Waals surface area contributed by atoms with Crippen LogP contribution in [0.1, 0.15) is 30.1 Å². The van der Waals surface area contributed by atoms with E-state index in [0.717, 1.165) is 12.8 Å². The molecule has 1 amide bonds.